The largest absolute Gasteiger partial charge is 0.492 e. The van der Waals surface area contributed by atoms with Crippen molar-refractivity contribution in [3.63, 3.8) is 0 Å². The predicted octanol–water partition coefficient (Wildman–Crippen LogP) is 4.92. The fourth-order valence-corrected chi connectivity index (χ4v) is 2.01. The second kappa shape index (κ2) is 6.69. The number of carbonyl (C=O) groups is 1. The summed E-state index contributed by atoms with van der Waals surface area (Å²) in [7, 11) is 0. The highest BCUT2D eigenvalue weighted by Gasteiger charge is 2.26. The molecule has 0 saturated heterocycles. The second-order valence-electron chi connectivity index (χ2n) is 4.84. The molecule has 0 atom stereocenters. The first-order chi connectivity index (χ1) is 8.74. The SMILES string of the molecule is CC(C)(CCCOc1cc(Cl)c(Cl)cc1Cl)C(=O)O. The Balaban J connectivity index is 2.51. The van der Waals surface area contributed by atoms with E-state index in [0.717, 1.165) is 0 Å². The predicted molar refractivity (Wildman–Crippen MR) is 77.6 cm³/mol. The standard InChI is InChI=1S/C13H15Cl3O3/c1-13(2,12(17)18)4-3-5-19-11-7-9(15)8(14)6-10(11)16/h6-7H,3-5H2,1-2H3,(H,17,18). The van der Waals surface area contributed by atoms with Crippen LogP contribution in [0.4, 0.5) is 0 Å². The first-order valence-electron chi connectivity index (χ1n) is 5.75. The van der Waals surface area contributed by atoms with Gasteiger partial charge in [0.05, 0.1) is 27.1 Å². The van der Waals surface area contributed by atoms with Crippen LogP contribution in [0.15, 0.2) is 12.1 Å². The van der Waals surface area contributed by atoms with Crippen molar-refractivity contribution in [3.05, 3.63) is 27.2 Å². The van der Waals surface area contributed by atoms with Gasteiger partial charge in [0.1, 0.15) is 5.75 Å². The first-order valence-corrected chi connectivity index (χ1v) is 6.88. The third-order valence-electron chi connectivity index (χ3n) is 2.76. The van der Waals surface area contributed by atoms with Gasteiger partial charge in [-0.25, -0.2) is 0 Å². The van der Waals surface area contributed by atoms with E-state index < -0.39 is 11.4 Å². The summed E-state index contributed by atoms with van der Waals surface area (Å²) < 4.78 is 5.48. The normalized spacial score (nSPS) is 11.4. The van der Waals surface area contributed by atoms with E-state index in [1.807, 2.05) is 0 Å². The molecular formula is C13H15Cl3O3. The Bertz CT molecular complexity index is 472. The van der Waals surface area contributed by atoms with E-state index in [-0.39, 0.29) is 0 Å². The third-order valence-corrected chi connectivity index (χ3v) is 3.77. The summed E-state index contributed by atoms with van der Waals surface area (Å²) >= 11 is 17.6. The molecule has 1 rings (SSSR count). The van der Waals surface area contributed by atoms with Crippen molar-refractivity contribution in [1.82, 2.24) is 0 Å². The van der Waals surface area contributed by atoms with Crippen LogP contribution < -0.4 is 4.74 Å². The lowest BCUT2D eigenvalue weighted by molar-refractivity contribution is -0.147. The molecule has 0 radical (unpaired) electrons. The van der Waals surface area contributed by atoms with Crippen LogP contribution in [0.3, 0.4) is 0 Å². The van der Waals surface area contributed by atoms with Crippen molar-refractivity contribution in [3.8, 4) is 5.75 Å². The van der Waals surface area contributed by atoms with Crippen molar-refractivity contribution < 1.29 is 14.6 Å². The number of ether oxygens (including phenoxy) is 1. The molecule has 1 aromatic carbocycles. The molecule has 0 aliphatic rings. The van der Waals surface area contributed by atoms with Gasteiger partial charge >= 0.3 is 5.97 Å². The summed E-state index contributed by atoms with van der Waals surface area (Å²) in [6, 6.07) is 3.07. The fourth-order valence-electron chi connectivity index (χ4n) is 1.42. The molecule has 3 nitrogen and oxygen atoms in total. The number of carboxylic acids is 1. The molecule has 1 aromatic rings. The molecule has 0 aliphatic carbocycles. The zero-order chi connectivity index (χ0) is 14.6. The summed E-state index contributed by atoms with van der Waals surface area (Å²) in [6.07, 6.45) is 1.12. The van der Waals surface area contributed by atoms with Gasteiger partial charge in [-0.2, -0.15) is 0 Å². The summed E-state index contributed by atoms with van der Waals surface area (Å²) in [5.41, 5.74) is -0.759. The Morgan fingerprint density at radius 3 is 2.37 bits per heavy atom. The molecule has 0 saturated carbocycles. The van der Waals surface area contributed by atoms with Gasteiger partial charge in [-0.1, -0.05) is 34.8 Å². The van der Waals surface area contributed by atoms with Gasteiger partial charge in [0, 0.05) is 6.07 Å². The first kappa shape index (κ1) is 16.4. The van der Waals surface area contributed by atoms with Gasteiger partial charge < -0.3 is 9.84 Å². The van der Waals surface area contributed by atoms with E-state index in [0.29, 0.717) is 40.3 Å². The molecule has 0 amide bonds. The van der Waals surface area contributed by atoms with Crippen molar-refractivity contribution in [1.29, 1.82) is 0 Å². The Hall–Kier alpha value is -0.640. The highest BCUT2D eigenvalue weighted by molar-refractivity contribution is 6.43. The Morgan fingerprint density at radius 1 is 1.21 bits per heavy atom. The van der Waals surface area contributed by atoms with Crippen LogP contribution in [0.5, 0.6) is 5.75 Å². The van der Waals surface area contributed by atoms with Gasteiger partial charge in [-0.15, -0.1) is 0 Å². The molecular weight excluding hydrogens is 310 g/mol. The zero-order valence-corrected chi connectivity index (χ0v) is 12.9. The zero-order valence-electron chi connectivity index (χ0n) is 10.7. The number of halogens is 3. The van der Waals surface area contributed by atoms with Crippen molar-refractivity contribution in [2.45, 2.75) is 26.7 Å². The molecule has 0 spiro atoms. The average Bonchev–Trinajstić information content (AvgIpc) is 2.30. The van der Waals surface area contributed by atoms with Gasteiger partial charge in [0.2, 0.25) is 0 Å². The number of hydrogen-bond donors (Lipinski definition) is 1. The van der Waals surface area contributed by atoms with E-state index in [2.05, 4.69) is 0 Å². The number of aliphatic carboxylic acids is 1. The van der Waals surface area contributed by atoms with E-state index in [1.54, 1.807) is 19.9 Å². The number of benzene rings is 1. The van der Waals surface area contributed by atoms with Crippen LogP contribution in [0.2, 0.25) is 15.1 Å². The highest BCUT2D eigenvalue weighted by Crippen LogP contribution is 2.34. The molecule has 0 bridgehead atoms. The van der Waals surface area contributed by atoms with Gasteiger partial charge in [0.25, 0.3) is 0 Å². The lowest BCUT2D eigenvalue weighted by Crippen LogP contribution is -2.24. The topological polar surface area (TPSA) is 46.5 Å². The van der Waals surface area contributed by atoms with Crippen LogP contribution in [0, 0.1) is 5.41 Å². The maximum atomic E-state index is 10.9. The van der Waals surface area contributed by atoms with Crippen LogP contribution in [0.1, 0.15) is 26.7 Å². The highest BCUT2D eigenvalue weighted by atomic mass is 35.5. The summed E-state index contributed by atoms with van der Waals surface area (Å²) in [5.74, 6) is -0.371. The maximum Gasteiger partial charge on any atom is 0.309 e. The lowest BCUT2D eigenvalue weighted by atomic mass is 9.88. The molecule has 0 fully saturated rings. The molecule has 1 N–H and O–H groups in total. The second-order valence-corrected chi connectivity index (χ2v) is 6.06. The van der Waals surface area contributed by atoms with Gasteiger partial charge in [0.15, 0.2) is 0 Å². The molecule has 0 aromatic heterocycles. The van der Waals surface area contributed by atoms with E-state index in [9.17, 15) is 4.79 Å². The van der Waals surface area contributed by atoms with E-state index >= 15 is 0 Å². The molecule has 0 heterocycles. The molecule has 106 valence electrons. The lowest BCUT2D eigenvalue weighted by Gasteiger charge is -2.18. The number of hydrogen-bond acceptors (Lipinski definition) is 2. The smallest absolute Gasteiger partial charge is 0.309 e. The van der Waals surface area contributed by atoms with Crippen LogP contribution in [0.25, 0.3) is 0 Å². The van der Waals surface area contributed by atoms with Gasteiger partial charge in [-0.05, 0) is 32.8 Å². The molecule has 19 heavy (non-hydrogen) atoms. The van der Waals surface area contributed by atoms with Gasteiger partial charge in [-0.3, -0.25) is 4.79 Å². The molecule has 0 unspecified atom stereocenters. The van der Waals surface area contributed by atoms with E-state index in [1.165, 1.54) is 6.07 Å². The molecule has 6 heteroatoms. The minimum Gasteiger partial charge on any atom is -0.492 e. The number of rotatable bonds is 6. The Kier molecular flexibility index (Phi) is 5.78. The quantitative estimate of drug-likeness (QED) is 0.596. The summed E-state index contributed by atoms with van der Waals surface area (Å²) in [6.45, 7) is 3.73. The summed E-state index contributed by atoms with van der Waals surface area (Å²) in [4.78, 5) is 10.9. The minimum atomic E-state index is -0.819. The van der Waals surface area contributed by atoms with Crippen molar-refractivity contribution in [2.75, 3.05) is 6.61 Å². The number of carboxylic acid groups (broad SMARTS) is 1. The van der Waals surface area contributed by atoms with Crippen molar-refractivity contribution in [2.24, 2.45) is 5.41 Å². The Morgan fingerprint density at radius 2 is 1.79 bits per heavy atom. The third kappa shape index (κ3) is 4.75. The maximum absolute atomic E-state index is 10.9. The monoisotopic (exact) mass is 324 g/mol. The van der Waals surface area contributed by atoms with Crippen LogP contribution in [-0.2, 0) is 4.79 Å². The molecule has 0 aliphatic heterocycles. The van der Waals surface area contributed by atoms with E-state index in [4.69, 9.17) is 44.6 Å². The van der Waals surface area contributed by atoms with Crippen LogP contribution >= 0.6 is 34.8 Å². The minimum absolute atomic E-state index is 0.367. The van der Waals surface area contributed by atoms with Crippen LogP contribution in [-0.4, -0.2) is 17.7 Å². The van der Waals surface area contributed by atoms with Crippen molar-refractivity contribution >= 4 is 40.8 Å². The Labute approximate surface area is 127 Å². The fraction of sp³-hybridized carbons (Fsp3) is 0.462. The average molecular weight is 326 g/mol. The summed E-state index contributed by atoms with van der Waals surface area (Å²) in [5, 5.41) is 10.1.